The van der Waals surface area contributed by atoms with E-state index in [4.69, 9.17) is 23.2 Å². The average Bonchev–Trinajstić information content (AvgIpc) is 2.57. The number of ether oxygens (including phenoxy) is 1. The van der Waals surface area contributed by atoms with Crippen LogP contribution in [0.1, 0.15) is 10.4 Å². The van der Waals surface area contributed by atoms with Crippen LogP contribution in [0.15, 0.2) is 42.5 Å². The van der Waals surface area contributed by atoms with Gasteiger partial charge in [0.1, 0.15) is 6.54 Å². The summed E-state index contributed by atoms with van der Waals surface area (Å²) in [6, 6.07) is 10.3. The van der Waals surface area contributed by atoms with Crippen LogP contribution in [0.5, 0.6) is 0 Å². The summed E-state index contributed by atoms with van der Waals surface area (Å²) in [7, 11) is -2.54. The molecule has 27 heavy (non-hydrogen) atoms. The number of nitrogens with one attached hydrogen (secondary N) is 1. The highest BCUT2D eigenvalue weighted by Gasteiger charge is 2.22. The molecular formula is C17H16Cl2N2O5S. The quantitative estimate of drug-likeness (QED) is 0.710. The SMILES string of the molecule is COC(=O)c1cccc(NC(=O)CN(c2cc(Cl)cc(Cl)c2)S(C)(=O)=O)c1. The first-order valence-electron chi connectivity index (χ1n) is 7.52. The molecule has 0 aromatic heterocycles. The van der Waals surface area contributed by atoms with Crippen molar-refractivity contribution in [2.75, 3.05) is 29.5 Å². The van der Waals surface area contributed by atoms with Crippen molar-refractivity contribution in [2.24, 2.45) is 0 Å². The van der Waals surface area contributed by atoms with E-state index in [1.165, 1.54) is 37.4 Å². The topological polar surface area (TPSA) is 92.8 Å². The van der Waals surface area contributed by atoms with Crippen molar-refractivity contribution in [1.29, 1.82) is 0 Å². The van der Waals surface area contributed by atoms with Crippen molar-refractivity contribution in [3.8, 4) is 0 Å². The summed E-state index contributed by atoms with van der Waals surface area (Å²) in [6.07, 6.45) is 0.965. The lowest BCUT2D eigenvalue weighted by Gasteiger charge is -2.22. The highest BCUT2D eigenvalue weighted by Crippen LogP contribution is 2.27. The van der Waals surface area contributed by atoms with E-state index in [1.54, 1.807) is 12.1 Å². The second kappa shape index (κ2) is 8.60. The van der Waals surface area contributed by atoms with Gasteiger partial charge in [-0.3, -0.25) is 9.10 Å². The zero-order valence-electron chi connectivity index (χ0n) is 14.4. The van der Waals surface area contributed by atoms with Gasteiger partial charge in [0.2, 0.25) is 15.9 Å². The van der Waals surface area contributed by atoms with Gasteiger partial charge in [-0.2, -0.15) is 0 Å². The van der Waals surface area contributed by atoms with E-state index in [9.17, 15) is 18.0 Å². The van der Waals surface area contributed by atoms with Crippen LogP contribution in [0.4, 0.5) is 11.4 Å². The summed E-state index contributed by atoms with van der Waals surface area (Å²) in [5, 5.41) is 3.01. The number of halogens is 2. The molecule has 0 aliphatic heterocycles. The first kappa shape index (κ1) is 21.0. The highest BCUT2D eigenvalue weighted by molar-refractivity contribution is 7.92. The molecule has 144 valence electrons. The molecule has 0 fully saturated rings. The molecule has 0 spiro atoms. The number of hydrogen-bond donors (Lipinski definition) is 1. The zero-order valence-corrected chi connectivity index (χ0v) is 16.7. The molecule has 1 N–H and O–H groups in total. The molecule has 0 bridgehead atoms. The second-order valence-electron chi connectivity index (χ2n) is 5.52. The standard InChI is InChI=1S/C17H16Cl2N2O5S/c1-26-17(23)11-4-3-5-14(6-11)20-16(22)10-21(27(2,24)25)15-8-12(18)7-13(19)9-15/h3-9H,10H2,1-2H3,(H,20,22). The van der Waals surface area contributed by atoms with Crippen LogP contribution in [0.25, 0.3) is 0 Å². The fourth-order valence-electron chi connectivity index (χ4n) is 2.26. The molecule has 0 heterocycles. The van der Waals surface area contributed by atoms with Crippen molar-refractivity contribution in [2.45, 2.75) is 0 Å². The number of benzene rings is 2. The Morgan fingerprint density at radius 1 is 1.11 bits per heavy atom. The number of amides is 1. The third-order valence-corrected chi connectivity index (χ3v) is 4.97. The Morgan fingerprint density at radius 2 is 1.74 bits per heavy atom. The molecule has 0 aliphatic rings. The number of nitrogens with zero attached hydrogens (tertiary/aromatic N) is 1. The van der Waals surface area contributed by atoms with Crippen molar-refractivity contribution < 1.29 is 22.7 Å². The number of esters is 1. The zero-order chi connectivity index (χ0) is 20.2. The predicted octanol–water partition coefficient (Wildman–Crippen LogP) is 3.18. The minimum absolute atomic E-state index is 0.161. The maximum Gasteiger partial charge on any atom is 0.337 e. The number of hydrogen-bond acceptors (Lipinski definition) is 5. The lowest BCUT2D eigenvalue weighted by Crippen LogP contribution is -2.37. The third kappa shape index (κ3) is 5.85. The highest BCUT2D eigenvalue weighted by atomic mass is 35.5. The Bertz CT molecular complexity index is 959. The first-order valence-corrected chi connectivity index (χ1v) is 10.1. The number of sulfonamides is 1. The van der Waals surface area contributed by atoms with Crippen molar-refractivity contribution in [1.82, 2.24) is 0 Å². The summed E-state index contributed by atoms with van der Waals surface area (Å²) in [5.41, 5.74) is 0.728. The molecule has 0 radical (unpaired) electrons. The van der Waals surface area contributed by atoms with Crippen molar-refractivity contribution in [3.63, 3.8) is 0 Å². The van der Waals surface area contributed by atoms with Gasteiger partial charge in [0, 0.05) is 15.7 Å². The van der Waals surface area contributed by atoms with E-state index in [1.807, 2.05) is 0 Å². The molecule has 10 heteroatoms. The Morgan fingerprint density at radius 3 is 2.30 bits per heavy atom. The number of carbonyl (C=O) groups excluding carboxylic acids is 2. The maximum atomic E-state index is 12.4. The van der Waals surface area contributed by atoms with Gasteiger partial charge in [-0.15, -0.1) is 0 Å². The van der Waals surface area contributed by atoms with E-state index in [-0.39, 0.29) is 21.3 Å². The number of methoxy groups -OCH3 is 1. The van der Waals surface area contributed by atoms with E-state index in [2.05, 4.69) is 10.1 Å². The summed E-state index contributed by atoms with van der Waals surface area (Å²) in [6.45, 7) is -0.502. The Balaban J connectivity index is 2.23. The van der Waals surface area contributed by atoms with E-state index < -0.39 is 28.4 Å². The molecule has 0 saturated carbocycles. The molecule has 2 aromatic rings. The van der Waals surface area contributed by atoms with Gasteiger partial charge in [-0.25, -0.2) is 13.2 Å². The molecule has 7 nitrogen and oxygen atoms in total. The molecule has 2 aromatic carbocycles. The molecular weight excluding hydrogens is 415 g/mol. The number of carbonyl (C=O) groups is 2. The molecule has 0 saturated heterocycles. The normalized spacial score (nSPS) is 11.0. The molecule has 0 aliphatic carbocycles. The van der Waals surface area contributed by atoms with Crippen molar-refractivity contribution in [3.05, 3.63) is 58.1 Å². The van der Waals surface area contributed by atoms with Gasteiger partial charge < -0.3 is 10.1 Å². The van der Waals surface area contributed by atoms with Crippen molar-refractivity contribution >= 4 is 56.5 Å². The molecule has 0 atom stereocenters. The van der Waals surface area contributed by atoms with Crippen LogP contribution in [-0.4, -0.2) is 40.2 Å². The summed E-state index contributed by atoms with van der Waals surface area (Å²) in [5.74, 6) is -1.17. The Labute approximate surface area is 166 Å². The van der Waals surface area contributed by atoms with Crippen LogP contribution in [0.2, 0.25) is 10.0 Å². The lowest BCUT2D eigenvalue weighted by atomic mass is 10.2. The minimum Gasteiger partial charge on any atom is -0.465 e. The van der Waals surface area contributed by atoms with E-state index in [0.29, 0.717) is 5.69 Å². The molecule has 1 amide bonds. The monoisotopic (exact) mass is 430 g/mol. The number of anilines is 2. The summed E-state index contributed by atoms with van der Waals surface area (Å²) >= 11 is 11.8. The van der Waals surface area contributed by atoms with Crippen LogP contribution < -0.4 is 9.62 Å². The Hall–Kier alpha value is -2.29. The largest absolute Gasteiger partial charge is 0.465 e. The predicted molar refractivity (Wildman–Crippen MR) is 105 cm³/mol. The maximum absolute atomic E-state index is 12.4. The second-order valence-corrected chi connectivity index (χ2v) is 8.30. The van der Waals surface area contributed by atoms with Gasteiger partial charge >= 0.3 is 5.97 Å². The summed E-state index contributed by atoms with van der Waals surface area (Å²) in [4.78, 5) is 23.9. The summed E-state index contributed by atoms with van der Waals surface area (Å²) < 4.78 is 29.7. The van der Waals surface area contributed by atoms with Gasteiger partial charge in [-0.1, -0.05) is 29.3 Å². The average molecular weight is 431 g/mol. The third-order valence-electron chi connectivity index (χ3n) is 3.39. The Kier molecular flexibility index (Phi) is 6.69. The van der Waals surface area contributed by atoms with E-state index in [0.717, 1.165) is 10.6 Å². The van der Waals surface area contributed by atoms with Gasteiger partial charge in [0.05, 0.1) is 24.6 Å². The molecule has 2 rings (SSSR count). The minimum atomic E-state index is -3.78. The smallest absolute Gasteiger partial charge is 0.337 e. The van der Waals surface area contributed by atoms with Crippen LogP contribution in [0, 0.1) is 0 Å². The van der Waals surface area contributed by atoms with Gasteiger partial charge in [0.25, 0.3) is 0 Å². The molecule has 0 unspecified atom stereocenters. The fraction of sp³-hybridized carbons (Fsp3) is 0.176. The van der Waals surface area contributed by atoms with Crippen LogP contribution in [0.3, 0.4) is 0 Å². The van der Waals surface area contributed by atoms with Crippen LogP contribution >= 0.6 is 23.2 Å². The first-order chi connectivity index (χ1) is 12.6. The van der Waals surface area contributed by atoms with E-state index >= 15 is 0 Å². The number of rotatable bonds is 6. The fourth-order valence-corrected chi connectivity index (χ4v) is 3.61. The lowest BCUT2D eigenvalue weighted by molar-refractivity contribution is -0.114. The van der Waals surface area contributed by atoms with Gasteiger partial charge in [0.15, 0.2) is 0 Å². The van der Waals surface area contributed by atoms with Gasteiger partial charge in [-0.05, 0) is 36.4 Å². The van der Waals surface area contributed by atoms with Crippen LogP contribution in [-0.2, 0) is 19.6 Å².